The van der Waals surface area contributed by atoms with Gasteiger partial charge in [-0.05, 0) is 6.92 Å². The summed E-state index contributed by atoms with van der Waals surface area (Å²) < 4.78 is 35.9. The smallest absolute Gasteiger partial charge is 0.356 e. The van der Waals surface area contributed by atoms with Crippen LogP contribution in [0.4, 0.5) is 13.2 Å². The molecule has 0 aliphatic heterocycles. The molecule has 1 rings (SSSR count). The Labute approximate surface area is 114 Å². The van der Waals surface area contributed by atoms with Crippen LogP contribution in [0, 0.1) is 6.92 Å². The largest absolute Gasteiger partial charge is 0.390 e. The van der Waals surface area contributed by atoms with Crippen molar-refractivity contribution in [2.75, 3.05) is 20.1 Å². The number of hydrogen-bond acceptors (Lipinski definition) is 3. The van der Waals surface area contributed by atoms with Crippen molar-refractivity contribution in [2.45, 2.75) is 25.9 Å². The Morgan fingerprint density at radius 2 is 2.05 bits per heavy atom. The molecule has 1 heterocycles. The number of aliphatic imine (C=N–C) groups is 1. The first-order chi connectivity index (χ1) is 8.90. The van der Waals surface area contributed by atoms with Crippen LogP contribution in [-0.2, 0) is 6.42 Å². The lowest BCUT2D eigenvalue weighted by molar-refractivity contribution is -0.132. The quantitative estimate of drug-likeness (QED) is 0.646. The highest BCUT2D eigenvalue weighted by Gasteiger charge is 2.26. The van der Waals surface area contributed by atoms with Crippen LogP contribution in [0.1, 0.15) is 16.3 Å². The van der Waals surface area contributed by atoms with Crippen LogP contribution in [0.15, 0.2) is 11.2 Å². The Morgan fingerprint density at radius 3 is 2.58 bits per heavy atom. The molecule has 0 spiro atoms. The number of halogens is 3. The van der Waals surface area contributed by atoms with Gasteiger partial charge in [0, 0.05) is 37.6 Å². The number of nitrogens with zero attached hydrogens (tertiary/aromatic N) is 2. The molecule has 4 nitrogen and oxygen atoms in total. The Kier molecular flexibility index (Phi) is 6.07. The van der Waals surface area contributed by atoms with E-state index in [0.29, 0.717) is 12.5 Å². The average Bonchev–Trinajstić information content (AvgIpc) is 2.71. The van der Waals surface area contributed by atoms with Crippen molar-refractivity contribution in [1.29, 1.82) is 0 Å². The van der Waals surface area contributed by atoms with Gasteiger partial charge in [0.25, 0.3) is 0 Å². The summed E-state index contributed by atoms with van der Waals surface area (Å²) in [4.78, 5) is 9.20. The highest BCUT2D eigenvalue weighted by molar-refractivity contribution is 7.11. The van der Waals surface area contributed by atoms with E-state index in [1.54, 1.807) is 17.5 Å². The molecule has 0 aliphatic carbocycles. The fourth-order valence-electron chi connectivity index (χ4n) is 1.35. The summed E-state index contributed by atoms with van der Waals surface area (Å²) in [6.07, 6.45) is -2.50. The summed E-state index contributed by atoms with van der Waals surface area (Å²) in [5, 5.41) is 6.57. The SMILES string of the molecule is CN=C(NCCc1ncc(C)s1)NCCC(F)(F)F. The van der Waals surface area contributed by atoms with E-state index in [0.717, 1.165) is 16.3 Å². The summed E-state index contributed by atoms with van der Waals surface area (Å²) in [6, 6.07) is 0. The van der Waals surface area contributed by atoms with E-state index in [-0.39, 0.29) is 6.54 Å². The number of rotatable bonds is 5. The maximum atomic E-state index is 12.0. The first-order valence-corrected chi connectivity index (χ1v) is 6.65. The minimum Gasteiger partial charge on any atom is -0.356 e. The molecule has 0 bridgehead atoms. The molecule has 0 atom stereocenters. The van der Waals surface area contributed by atoms with Gasteiger partial charge in [-0.15, -0.1) is 11.3 Å². The molecule has 0 radical (unpaired) electrons. The minimum atomic E-state index is -4.15. The third kappa shape index (κ3) is 7.00. The van der Waals surface area contributed by atoms with Gasteiger partial charge < -0.3 is 10.6 Å². The van der Waals surface area contributed by atoms with Gasteiger partial charge in [-0.2, -0.15) is 13.2 Å². The first-order valence-electron chi connectivity index (χ1n) is 5.83. The van der Waals surface area contributed by atoms with Crippen molar-refractivity contribution in [3.05, 3.63) is 16.1 Å². The van der Waals surface area contributed by atoms with E-state index in [4.69, 9.17) is 0 Å². The van der Waals surface area contributed by atoms with Crippen molar-refractivity contribution in [2.24, 2.45) is 4.99 Å². The van der Waals surface area contributed by atoms with Crippen LogP contribution in [0.3, 0.4) is 0 Å². The first kappa shape index (κ1) is 15.7. The van der Waals surface area contributed by atoms with Crippen molar-refractivity contribution in [1.82, 2.24) is 15.6 Å². The van der Waals surface area contributed by atoms with Gasteiger partial charge in [0.1, 0.15) is 0 Å². The van der Waals surface area contributed by atoms with E-state index >= 15 is 0 Å². The van der Waals surface area contributed by atoms with Gasteiger partial charge in [0.2, 0.25) is 0 Å². The van der Waals surface area contributed by atoms with Crippen LogP contribution >= 0.6 is 11.3 Å². The molecule has 0 saturated carbocycles. The Balaban J connectivity index is 2.22. The van der Waals surface area contributed by atoms with Gasteiger partial charge in [-0.25, -0.2) is 4.98 Å². The number of nitrogens with one attached hydrogen (secondary N) is 2. The van der Waals surface area contributed by atoms with Gasteiger partial charge in [-0.3, -0.25) is 4.99 Å². The van der Waals surface area contributed by atoms with E-state index in [9.17, 15) is 13.2 Å². The Morgan fingerprint density at radius 1 is 1.37 bits per heavy atom. The maximum absolute atomic E-state index is 12.0. The predicted molar refractivity (Wildman–Crippen MR) is 70.6 cm³/mol. The third-order valence-corrected chi connectivity index (χ3v) is 3.20. The third-order valence-electron chi connectivity index (χ3n) is 2.22. The highest BCUT2D eigenvalue weighted by atomic mass is 32.1. The van der Waals surface area contributed by atoms with E-state index in [1.807, 2.05) is 6.92 Å². The lowest BCUT2D eigenvalue weighted by Gasteiger charge is -2.12. The summed E-state index contributed by atoms with van der Waals surface area (Å²) >= 11 is 1.61. The second-order valence-electron chi connectivity index (χ2n) is 3.91. The van der Waals surface area contributed by atoms with E-state index in [1.165, 1.54) is 7.05 Å². The predicted octanol–water partition coefficient (Wildman–Crippen LogP) is 2.11. The topological polar surface area (TPSA) is 49.3 Å². The molecule has 8 heteroatoms. The molecular weight excluding hydrogens is 277 g/mol. The molecule has 2 N–H and O–H groups in total. The molecule has 0 saturated heterocycles. The average molecular weight is 294 g/mol. The monoisotopic (exact) mass is 294 g/mol. The molecule has 0 aromatic carbocycles. The molecule has 0 amide bonds. The highest BCUT2D eigenvalue weighted by Crippen LogP contribution is 2.18. The van der Waals surface area contributed by atoms with Crippen molar-refractivity contribution >= 4 is 17.3 Å². The van der Waals surface area contributed by atoms with Gasteiger partial charge in [-0.1, -0.05) is 0 Å². The lowest BCUT2D eigenvalue weighted by atomic mass is 10.4. The Hall–Kier alpha value is -1.31. The fraction of sp³-hybridized carbons (Fsp3) is 0.636. The molecule has 19 heavy (non-hydrogen) atoms. The van der Waals surface area contributed by atoms with Crippen LogP contribution in [0.2, 0.25) is 0 Å². The Bertz CT molecular complexity index is 414. The molecular formula is C11H17F3N4S. The van der Waals surface area contributed by atoms with E-state index < -0.39 is 12.6 Å². The van der Waals surface area contributed by atoms with Crippen molar-refractivity contribution in [3.63, 3.8) is 0 Å². The van der Waals surface area contributed by atoms with Crippen LogP contribution < -0.4 is 10.6 Å². The molecule has 0 unspecified atom stereocenters. The second-order valence-corrected chi connectivity index (χ2v) is 5.22. The molecule has 0 fully saturated rings. The van der Waals surface area contributed by atoms with E-state index in [2.05, 4.69) is 20.6 Å². The number of thiazole rings is 1. The molecule has 0 aliphatic rings. The zero-order chi connectivity index (χ0) is 14.3. The number of aryl methyl sites for hydroxylation is 1. The molecule has 1 aromatic heterocycles. The fourth-order valence-corrected chi connectivity index (χ4v) is 2.13. The standard InChI is InChI=1S/C11H17F3N4S/c1-8-7-18-9(19-8)3-5-16-10(15-2)17-6-4-11(12,13)14/h7H,3-6H2,1-2H3,(H2,15,16,17). The number of hydrogen-bond donors (Lipinski definition) is 2. The number of guanidine groups is 1. The van der Waals surface area contributed by atoms with Crippen LogP contribution in [0.5, 0.6) is 0 Å². The lowest BCUT2D eigenvalue weighted by Crippen LogP contribution is -2.39. The zero-order valence-electron chi connectivity index (χ0n) is 10.8. The van der Waals surface area contributed by atoms with Gasteiger partial charge in [0.05, 0.1) is 11.4 Å². The van der Waals surface area contributed by atoms with Crippen LogP contribution in [-0.4, -0.2) is 37.3 Å². The van der Waals surface area contributed by atoms with Crippen LogP contribution in [0.25, 0.3) is 0 Å². The van der Waals surface area contributed by atoms with Crippen molar-refractivity contribution in [3.8, 4) is 0 Å². The van der Waals surface area contributed by atoms with Gasteiger partial charge in [0.15, 0.2) is 5.96 Å². The summed E-state index contributed by atoms with van der Waals surface area (Å²) in [5.41, 5.74) is 0. The zero-order valence-corrected chi connectivity index (χ0v) is 11.7. The molecule has 108 valence electrons. The summed E-state index contributed by atoms with van der Waals surface area (Å²) in [5.74, 6) is 0.373. The van der Waals surface area contributed by atoms with Gasteiger partial charge >= 0.3 is 6.18 Å². The maximum Gasteiger partial charge on any atom is 0.390 e. The van der Waals surface area contributed by atoms with Crippen molar-refractivity contribution < 1.29 is 13.2 Å². The number of aromatic nitrogens is 1. The summed E-state index contributed by atoms with van der Waals surface area (Å²) in [7, 11) is 1.52. The number of alkyl halides is 3. The molecule has 1 aromatic rings. The summed E-state index contributed by atoms with van der Waals surface area (Å²) in [6.45, 7) is 2.38. The normalized spacial score (nSPS) is 12.6. The second kappa shape index (κ2) is 7.32. The minimum absolute atomic E-state index is 0.181.